The Morgan fingerprint density at radius 2 is 2.67 bits per heavy atom. The summed E-state index contributed by atoms with van der Waals surface area (Å²) in [5.41, 5.74) is 0. The molecular formula is C5H9NOS2. The molecule has 0 amide bonds. The first kappa shape index (κ1) is 6.34. The summed E-state index contributed by atoms with van der Waals surface area (Å²) in [6.07, 6.45) is 0. The lowest BCUT2D eigenvalue weighted by Gasteiger charge is -2.47. The Labute approximate surface area is 62.5 Å². The van der Waals surface area contributed by atoms with Crippen LogP contribution in [0.2, 0.25) is 0 Å². The van der Waals surface area contributed by atoms with Crippen molar-refractivity contribution >= 4 is 21.6 Å². The van der Waals surface area contributed by atoms with E-state index in [4.69, 9.17) is 4.74 Å². The third-order valence-corrected chi connectivity index (χ3v) is 5.20. The molecule has 9 heavy (non-hydrogen) atoms. The lowest BCUT2D eigenvalue weighted by molar-refractivity contribution is 0.00310. The van der Waals surface area contributed by atoms with Crippen LogP contribution in [0.1, 0.15) is 6.92 Å². The number of hydrogen-bond donors (Lipinski definition) is 1. The molecule has 2 atom stereocenters. The van der Waals surface area contributed by atoms with E-state index in [2.05, 4.69) is 12.2 Å². The van der Waals surface area contributed by atoms with E-state index >= 15 is 0 Å². The van der Waals surface area contributed by atoms with Crippen molar-refractivity contribution < 1.29 is 4.74 Å². The molecule has 4 heteroatoms. The van der Waals surface area contributed by atoms with Crippen LogP contribution >= 0.6 is 21.6 Å². The molecular weight excluding hydrogens is 154 g/mol. The molecule has 2 aliphatic rings. The molecule has 2 nitrogen and oxygen atoms in total. The van der Waals surface area contributed by atoms with Crippen molar-refractivity contribution in [2.24, 2.45) is 0 Å². The second-order valence-corrected chi connectivity index (χ2v) is 5.10. The van der Waals surface area contributed by atoms with Crippen molar-refractivity contribution in [3.63, 3.8) is 0 Å². The Morgan fingerprint density at radius 3 is 3.00 bits per heavy atom. The fourth-order valence-electron chi connectivity index (χ4n) is 0.995. The molecule has 2 unspecified atom stereocenters. The van der Waals surface area contributed by atoms with Crippen LogP contribution in [0.25, 0.3) is 0 Å². The van der Waals surface area contributed by atoms with Crippen LogP contribution in [-0.2, 0) is 4.74 Å². The van der Waals surface area contributed by atoms with E-state index < -0.39 is 0 Å². The van der Waals surface area contributed by atoms with Gasteiger partial charge in [-0.05, 0) is 6.92 Å². The fourth-order valence-corrected chi connectivity index (χ4v) is 3.67. The summed E-state index contributed by atoms with van der Waals surface area (Å²) in [7, 11) is 3.69. The molecule has 2 fully saturated rings. The third-order valence-electron chi connectivity index (χ3n) is 1.61. The van der Waals surface area contributed by atoms with E-state index in [0.717, 1.165) is 13.2 Å². The molecule has 2 rings (SSSR count). The molecule has 52 valence electrons. The summed E-state index contributed by atoms with van der Waals surface area (Å²) in [5.74, 6) is 0. The highest BCUT2D eigenvalue weighted by Gasteiger charge is 2.48. The molecule has 2 aliphatic heterocycles. The van der Waals surface area contributed by atoms with Crippen molar-refractivity contribution in [1.29, 1.82) is 0 Å². The molecule has 0 aliphatic carbocycles. The van der Waals surface area contributed by atoms with Crippen LogP contribution in [0.15, 0.2) is 0 Å². The van der Waals surface area contributed by atoms with Crippen LogP contribution < -0.4 is 5.32 Å². The van der Waals surface area contributed by atoms with Gasteiger partial charge < -0.3 is 4.74 Å². The van der Waals surface area contributed by atoms with Crippen LogP contribution in [-0.4, -0.2) is 23.5 Å². The third kappa shape index (κ3) is 0.888. The maximum atomic E-state index is 5.54. The Hall–Kier alpha value is 0.620. The van der Waals surface area contributed by atoms with Crippen molar-refractivity contribution in [1.82, 2.24) is 5.32 Å². The Morgan fingerprint density at radius 1 is 1.78 bits per heavy atom. The number of fused-ring (bicyclic) bond motifs is 1. The predicted octanol–water partition coefficient (Wildman–Crippen LogP) is 1.04. The number of hydrogen-bond acceptors (Lipinski definition) is 4. The van der Waals surface area contributed by atoms with Gasteiger partial charge in [0.25, 0.3) is 0 Å². The number of morpholine rings is 1. The Bertz CT molecular complexity index is 132. The van der Waals surface area contributed by atoms with Gasteiger partial charge in [0, 0.05) is 6.54 Å². The minimum atomic E-state index is 0.0862. The summed E-state index contributed by atoms with van der Waals surface area (Å²) >= 11 is 0. The Balaban J connectivity index is 2.05. The second kappa shape index (κ2) is 2.05. The second-order valence-electron chi connectivity index (χ2n) is 2.38. The molecule has 0 saturated carbocycles. The highest BCUT2D eigenvalue weighted by atomic mass is 33.1. The SMILES string of the molecule is CC12OCCNC1SS2. The maximum absolute atomic E-state index is 5.54. The first-order chi connectivity index (χ1) is 4.31. The van der Waals surface area contributed by atoms with Gasteiger partial charge in [0.05, 0.1) is 6.61 Å². The first-order valence-corrected chi connectivity index (χ1v) is 5.24. The lowest BCUT2D eigenvalue weighted by Crippen LogP contribution is -2.56. The normalized spacial score (nSPS) is 49.7. The van der Waals surface area contributed by atoms with Gasteiger partial charge in [0.15, 0.2) is 0 Å². The molecule has 0 radical (unpaired) electrons. The molecule has 0 spiro atoms. The van der Waals surface area contributed by atoms with E-state index in [1.165, 1.54) is 0 Å². The number of ether oxygens (including phenoxy) is 1. The predicted molar refractivity (Wildman–Crippen MR) is 41.3 cm³/mol. The molecule has 1 N–H and O–H groups in total. The van der Waals surface area contributed by atoms with Crippen LogP contribution in [0.5, 0.6) is 0 Å². The van der Waals surface area contributed by atoms with Gasteiger partial charge in [-0.2, -0.15) is 0 Å². The molecule has 0 bridgehead atoms. The lowest BCUT2D eigenvalue weighted by atomic mass is 10.3. The summed E-state index contributed by atoms with van der Waals surface area (Å²) in [6.45, 7) is 4.01. The van der Waals surface area contributed by atoms with E-state index in [9.17, 15) is 0 Å². The highest BCUT2D eigenvalue weighted by molar-refractivity contribution is 8.80. The Kier molecular flexibility index (Phi) is 1.44. The van der Waals surface area contributed by atoms with Crippen LogP contribution in [0.3, 0.4) is 0 Å². The van der Waals surface area contributed by atoms with Gasteiger partial charge in [0.1, 0.15) is 10.3 Å². The summed E-state index contributed by atoms with van der Waals surface area (Å²) in [4.78, 5) is 0.0862. The fraction of sp³-hybridized carbons (Fsp3) is 1.00. The minimum absolute atomic E-state index is 0.0862. The highest BCUT2D eigenvalue weighted by Crippen LogP contribution is 2.56. The van der Waals surface area contributed by atoms with E-state index in [1.54, 1.807) is 0 Å². The van der Waals surface area contributed by atoms with E-state index in [0.29, 0.717) is 5.37 Å². The standard InChI is InChI=1S/C5H9NOS2/c1-5-4(8-9-5)6-2-3-7-5/h4,6H,2-3H2,1H3. The quantitative estimate of drug-likeness (QED) is 0.538. The maximum Gasteiger partial charge on any atom is 0.146 e. The van der Waals surface area contributed by atoms with E-state index in [1.807, 2.05) is 21.6 Å². The van der Waals surface area contributed by atoms with Crippen molar-refractivity contribution in [2.75, 3.05) is 13.2 Å². The number of nitrogens with one attached hydrogen (secondary N) is 1. The van der Waals surface area contributed by atoms with Gasteiger partial charge in [-0.25, -0.2) is 0 Å². The monoisotopic (exact) mass is 163 g/mol. The van der Waals surface area contributed by atoms with Gasteiger partial charge >= 0.3 is 0 Å². The zero-order valence-corrected chi connectivity index (χ0v) is 6.85. The minimum Gasteiger partial charge on any atom is -0.360 e. The van der Waals surface area contributed by atoms with Gasteiger partial charge in [-0.15, -0.1) is 0 Å². The van der Waals surface area contributed by atoms with Gasteiger partial charge in [-0.1, -0.05) is 21.6 Å². The van der Waals surface area contributed by atoms with Crippen molar-refractivity contribution in [2.45, 2.75) is 17.2 Å². The summed E-state index contributed by atoms with van der Waals surface area (Å²) < 4.78 is 5.54. The summed E-state index contributed by atoms with van der Waals surface area (Å²) in [5, 5.41) is 3.91. The molecule has 2 heterocycles. The van der Waals surface area contributed by atoms with E-state index in [-0.39, 0.29) is 4.93 Å². The van der Waals surface area contributed by atoms with Gasteiger partial charge in [0.2, 0.25) is 0 Å². The molecule has 0 aromatic rings. The van der Waals surface area contributed by atoms with Crippen molar-refractivity contribution in [3.8, 4) is 0 Å². The zero-order valence-electron chi connectivity index (χ0n) is 5.22. The topological polar surface area (TPSA) is 21.3 Å². The van der Waals surface area contributed by atoms with Crippen molar-refractivity contribution in [3.05, 3.63) is 0 Å². The smallest absolute Gasteiger partial charge is 0.146 e. The average molecular weight is 163 g/mol. The first-order valence-electron chi connectivity index (χ1n) is 3.03. The molecule has 2 saturated heterocycles. The number of rotatable bonds is 0. The average Bonchev–Trinajstić information content (AvgIpc) is 1.82. The molecule has 0 aromatic carbocycles. The van der Waals surface area contributed by atoms with Crippen LogP contribution in [0.4, 0.5) is 0 Å². The van der Waals surface area contributed by atoms with Gasteiger partial charge in [-0.3, -0.25) is 5.32 Å². The summed E-state index contributed by atoms with van der Waals surface area (Å²) in [6, 6.07) is 0. The largest absolute Gasteiger partial charge is 0.360 e. The van der Waals surface area contributed by atoms with Crippen LogP contribution in [0, 0.1) is 0 Å². The zero-order chi connectivity index (χ0) is 6.32. The molecule has 0 aromatic heterocycles.